The van der Waals surface area contributed by atoms with E-state index < -0.39 is 17.6 Å². The Morgan fingerprint density at radius 3 is 2.53 bits per heavy atom. The minimum absolute atomic E-state index is 0.0577. The number of H-pyrrole nitrogens is 1. The lowest BCUT2D eigenvalue weighted by Crippen LogP contribution is -2.37. The highest BCUT2D eigenvalue weighted by Gasteiger charge is 2.41. The smallest absolute Gasteiger partial charge is 0.425 e. The van der Waals surface area contributed by atoms with Crippen LogP contribution in [0.5, 0.6) is 5.88 Å². The van der Waals surface area contributed by atoms with Crippen molar-refractivity contribution in [3.63, 3.8) is 0 Å². The Hall–Kier alpha value is -1.44. The van der Waals surface area contributed by atoms with Crippen molar-refractivity contribution in [1.29, 1.82) is 0 Å². The van der Waals surface area contributed by atoms with Crippen LogP contribution in [-0.2, 0) is 10.9 Å². The van der Waals surface area contributed by atoms with E-state index in [1.54, 1.807) is 4.90 Å². The van der Waals surface area contributed by atoms with Crippen molar-refractivity contribution in [3.05, 3.63) is 5.56 Å². The average molecular weight is 251 g/mol. The van der Waals surface area contributed by atoms with Crippen molar-refractivity contribution >= 4 is 5.82 Å². The number of nitrogens with zero attached hydrogens (tertiary/aromatic N) is 2. The molecule has 5 nitrogen and oxygen atoms in total. The zero-order valence-electron chi connectivity index (χ0n) is 9.17. The molecule has 1 saturated heterocycles. The Bertz CT molecular complexity index is 385. The van der Waals surface area contributed by atoms with Crippen LogP contribution in [0.15, 0.2) is 0 Å². The third-order valence-electron chi connectivity index (χ3n) is 2.52. The van der Waals surface area contributed by atoms with Gasteiger partial charge >= 0.3 is 6.18 Å². The SMILES string of the molecule is COc1n[nH]c(N2CCOCC2)c1C(F)(F)F. The normalized spacial score (nSPS) is 17.3. The zero-order chi connectivity index (χ0) is 12.5. The Morgan fingerprint density at radius 1 is 1.35 bits per heavy atom. The van der Waals surface area contributed by atoms with Crippen LogP contribution in [0.3, 0.4) is 0 Å². The Morgan fingerprint density at radius 2 is 2.00 bits per heavy atom. The van der Waals surface area contributed by atoms with Crippen molar-refractivity contribution in [2.45, 2.75) is 6.18 Å². The molecule has 0 bridgehead atoms. The number of hydrogen-bond donors (Lipinski definition) is 1. The van der Waals surface area contributed by atoms with Crippen LogP contribution < -0.4 is 9.64 Å². The molecule has 0 unspecified atom stereocenters. The van der Waals surface area contributed by atoms with E-state index in [0.717, 1.165) is 7.11 Å². The van der Waals surface area contributed by atoms with Gasteiger partial charge in [-0.1, -0.05) is 0 Å². The van der Waals surface area contributed by atoms with Gasteiger partial charge in [0.1, 0.15) is 5.82 Å². The summed E-state index contributed by atoms with van der Waals surface area (Å²) in [4.78, 5) is 1.56. The van der Waals surface area contributed by atoms with Crippen molar-refractivity contribution in [3.8, 4) is 5.88 Å². The fourth-order valence-electron chi connectivity index (χ4n) is 1.74. The highest BCUT2D eigenvalue weighted by Crippen LogP contribution is 2.41. The molecule has 0 saturated carbocycles. The number of rotatable bonds is 2. The molecule has 1 aromatic rings. The predicted molar refractivity (Wildman–Crippen MR) is 53.2 cm³/mol. The molecule has 17 heavy (non-hydrogen) atoms. The Balaban J connectivity index is 2.36. The van der Waals surface area contributed by atoms with E-state index in [9.17, 15) is 13.2 Å². The number of methoxy groups -OCH3 is 1. The van der Waals surface area contributed by atoms with Gasteiger partial charge in [0.25, 0.3) is 0 Å². The first-order valence-corrected chi connectivity index (χ1v) is 5.06. The largest absolute Gasteiger partial charge is 0.479 e. The molecule has 0 aliphatic carbocycles. The summed E-state index contributed by atoms with van der Waals surface area (Å²) in [5, 5.41) is 5.90. The molecule has 0 aromatic carbocycles. The number of halogens is 3. The van der Waals surface area contributed by atoms with Gasteiger partial charge in [-0.05, 0) is 0 Å². The molecule has 0 amide bonds. The fraction of sp³-hybridized carbons (Fsp3) is 0.667. The second-order valence-corrected chi connectivity index (χ2v) is 3.55. The minimum Gasteiger partial charge on any atom is -0.479 e. The molecule has 2 rings (SSSR count). The molecule has 1 aromatic heterocycles. The Labute approximate surface area is 95.5 Å². The topological polar surface area (TPSA) is 50.4 Å². The zero-order valence-corrected chi connectivity index (χ0v) is 9.17. The highest BCUT2D eigenvalue weighted by molar-refractivity contribution is 5.53. The number of anilines is 1. The van der Waals surface area contributed by atoms with Gasteiger partial charge in [-0.25, -0.2) is 0 Å². The van der Waals surface area contributed by atoms with E-state index in [1.165, 1.54) is 0 Å². The maximum atomic E-state index is 12.9. The molecule has 2 heterocycles. The van der Waals surface area contributed by atoms with Crippen molar-refractivity contribution in [2.75, 3.05) is 38.3 Å². The van der Waals surface area contributed by atoms with Gasteiger partial charge in [-0.2, -0.15) is 13.2 Å². The molecule has 1 aliphatic rings. The van der Waals surface area contributed by atoms with Gasteiger partial charge in [-0.3, -0.25) is 5.10 Å². The van der Waals surface area contributed by atoms with Gasteiger partial charge in [0.15, 0.2) is 5.56 Å². The molecule has 96 valence electrons. The first kappa shape index (κ1) is 12.0. The second kappa shape index (κ2) is 4.44. The van der Waals surface area contributed by atoms with E-state index in [-0.39, 0.29) is 5.82 Å². The lowest BCUT2D eigenvalue weighted by molar-refractivity contribution is -0.138. The first-order chi connectivity index (χ1) is 8.04. The van der Waals surface area contributed by atoms with Crippen LogP contribution in [0.1, 0.15) is 5.56 Å². The van der Waals surface area contributed by atoms with Crippen LogP contribution >= 0.6 is 0 Å². The van der Waals surface area contributed by atoms with Gasteiger partial charge in [-0.15, -0.1) is 5.10 Å². The van der Waals surface area contributed by atoms with Crippen LogP contribution in [0.2, 0.25) is 0 Å². The standard InChI is InChI=1S/C9H12F3N3O2/c1-16-8-6(9(10,11)12)7(13-14-8)15-2-4-17-5-3-15/h2-5H2,1H3,(H,13,14). The van der Waals surface area contributed by atoms with Gasteiger partial charge in [0.05, 0.1) is 20.3 Å². The lowest BCUT2D eigenvalue weighted by atomic mass is 10.2. The van der Waals surface area contributed by atoms with Gasteiger partial charge < -0.3 is 14.4 Å². The maximum Gasteiger partial charge on any atom is 0.425 e. The molecule has 0 radical (unpaired) electrons. The van der Waals surface area contributed by atoms with E-state index in [4.69, 9.17) is 4.74 Å². The third-order valence-corrected chi connectivity index (χ3v) is 2.52. The number of ether oxygens (including phenoxy) is 2. The molecule has 8 heteroatoms. The average Bonchev–Trinajstić information content (AvgIpc) is 2.73. The second-order valence-electron chi connectivity index (χ2n) is 3.55. The highest BCUT2D eigenvalue weighted by atomic mass is 19.4. The van der Waals surface area contributed by atoms with E-state index in [0.29, 0.717) is 26.3 Å². The molecule has 1 fully saturated rings. The summed E-state index contributed by atoms with van der Waals surface area (Å²) in [5.74, 6) is -0.489. The number of alkyl halides is 3. The number of nitrogens with one attached hydrogen (secondary N) is 1. The summed E-state index contributed by atoms with van der Waals surface area (Å²) in [7, 11) is 1.16. The van der Waals surface area contributed by atoms with E-state index in [1.807, 2.05) is 0 Å². The molecule has 1 aliphatic heterocycles. The third kappa shape index (κ3) is 2.31. The summed E-state index contributed by atoms with van der Waals surface area (Å²) in [6.45, 7) is 1.60. The molecule has 1 N–H and O–H groups in total. The Kier molecular flexibility index (Phi) is 3.14. The fourth-order valence-corrected chi connectivity index (χ4v) is 1.74. The van der Waals surface area contributed by atoms with E-state index >= 15 is 0 Å². The van der Waals surface area contributed by atoms with Crippen molar-refractivity contribution in [2.24, 2.45) is 0 Å². The van der Waals surface area contributed by atoms with Crippen LogP contribution in [0, 0.1) is 0 Å². The maximum absolute atomic E-state index is 12.9. The molecule has 0 spiro atoms. The van der Waals surface area contributed by atoms with Gasteiger partial charge in [0.2, 0.25) is 5.88 Å². The monoisotopic (exact) mass is 251 g/mol. The molecular weight excluding hydrogens is 239 g/mol. The summed E-state index contributed by atoms with van der Waals surface area (Å²) < 4.78 is 48.4. The van der Waals surface area contributed by atoms with Crippen molar-refractivity contribution in [1.82, 2.24) is 10.2 Å². The summed E-state index contributed by atoms with van der Waals surface area (Å²) in [6, 6.07) is 0. The van der Waals surface area contributed by atoms with Crippen molar-refractivity contribution < 1.29 is 22.6 Å². The molecular formula is C9H12F3N3O2. The van der Waals surface area contributed by atoms with E-state index in [2.05, 4.69) is 14.9 Å². The summed E-state index contributed by atoms with van der Waals surface area (Å²) >= 11 is 0. The van der Waals surface area contributed by atoms with Crippen LogP contribution in [0.25, 0.3) is 0 Å². The summed E-state index contributed by atoms with van der Waals surface area (Å²) in [6.07, 6.45) is -4.49. The lowest BCUT2D eigenvalue weighted by Gasteiger charge is -2.28. The minimum atomic E-state index is -4.49. The molecule has 0 atom stereocenters. The first-order valence-electron chi connectivity index (χ1n) is 5.06. The number of aromatic nitrogens is 2. The number of hydrogen-bond acceptors (Lipinski definition) is 4. The quantitative estimate of drug-likeness (QED) is 0.860. The van der Waals surface area contributed by atoms with Crippen LogP contribution in [0.4, 0.5) is 19.0 Å². The number of morpholine rings is 1. The predicted octanol–water partition coefficient (Wildman–Crippen LogP) is 1.27. The number of aromatic amines is 1. The van der Waals surface area contributed by atoms with Crippen LogP contribution in [-0.4, -0.2) is 43.6 Å². The summed E-state index contributed by atoms with van der Waals surface area (Å²) in [5.41, 5.74) is -0.859. The van der Waals surface area contributed by atoms with Gasteiger partial charge in [0, 0.05) is 13.1 Å².